The van der Waals surface area contributed by atoms with Crippen LogP contribution in [0.3, 0.4) is 0 Å². The second-order valence-corrected chi connectivity index (χ2v) is 6.91. The number of fused-ring (bicyclic) bond motifs is 2. The molecule has 1 N–H and O–H groups in total. The Labute approximate surface area is 169 Å². The van der Waals surface area contributed by atoms with Gasteiger partial charge in [0.15, 0.2) is 28.5 Å². The van der Waals surface area contributed by atoms with Crippen LogP contribution in [0, 0.1) is 0 Å². The van der Waals surface area contributed by atoms with E-state index in [0.29, 0.717) is 42.1 Å². The molecule has 7 nitrogen and oxygen atoms in total. The first-order chi connectivity index (χ1) is 14.3. The summed E-state index contributed by atoms with van der Waals surface area (Å²) in [5.74, 6) is 0.227. The molecule has 1 aliphatic rings. The molecule has 0 bridgehead atoms. The van der Waals surface area contributed by atoms with E-state index in [0.717, 1.165) is 10.9 Å². The van der Waals surface area contributed by atoms with Crippen molar-refractivity contribution in [3.63, 3.8) is 0 Å². The van der Waals surface area contributed by atoms with E-state index in [1.165, 1.54) is 20.3 Å². The minimum Gasteiger partial charge on any atom is -0.493 e. The summed E-state index contributed by atoms with van der Waals surface area (Å²) in [4.78, 5) is 17.0. The minimum absolute atomic E-state index is 0.000404. The van der Waals surface area contributed by atoms with Crippen molar-refractivity contribution in [2.24, 2.45) is 0 Å². The molecule has 0 spiro atoms. The van der Waals surface area contributed by atoms with E-state index in [1.54, 1.807) is 18.2 Å². The Morgan fingerprint density at radius 1 is 1.10 bits per heavy atom. The summed E-state index contributed by atoms with van der Waals surface area (Å²) in [6, 6.07) is 6.01. The normalized spacial score (nSPS) is 13.8. The van der Waals surface area contributed by atoms with E-state index >= 15 is 0 Å². The number of aromatic nitrogens is 3. The summed E-state index contributed by atoms with van der Waals surface area (Å²) in [6.45, 7) is 0. The van der Waals surface area contributed by atoms with Crippen molar-refractivity contribution < 1.29 is 27.4 Å². The molecule has 0 unspecified atom stereocenters. The van der Waals surface area contributed by atoms with Gasteiger partial charge in [0.05, 0.1) is 14.2 Å². The van der Waals surface area contributed by atoms with Gasteiger partial charge in [-0.1, -0.05) is 0 Å². The molecule has 2 aromatic heterocycles. The second kappa shape index (κ2) is 7.51. The Hall–Kier alpha value is -3.30. The van der Waals surface area contributed by atoms with Gasteiger partial charge in [-0.05, 0) is 37.8 Å². The van der Waals surface area contributed by atoms with Gasteiger partial charge in [0, 0.05) is 29.1 Å². The third-order valence-electron chi connectivity index (χ3n) is 5.02. The van der Waals surface area contributed by atoms with Crippen molar-refractivity contribution in [2.75, 3.05) is 19.5 Å². The number of nitrogens with one attached hydrogen (secondary N) is 1. The smallest absolute Gasteiger partial charge is 0.433 e. The molecule has 3 aromatic rings. The number of aryl methyl sites for hydroxylation is 1. The number of alkyl halides is 3. The lowest BCUT2D eigenvalue weighted by molar-refractivity contribution is -0.143. The monoisotopic (exact) mass is 420 g/mol. The van der Waals surface area contributed by atoms with Crippen molar-refractivity contribution in [2.45, 2.75) is 31.9 Å². The molecule has 0 atom stereocenters. The van der Waals surface area contributed by atoms with Gasteiger partial charge in [0.1, 0.15) is 0 Å². The Morgan fingerprint density at radius 3 is 2.53 bits per heavy atom. The first kappa shape index (κ1) is 20.0. The number of ether oxygens (including phenoxy) is 2. The van der Waals surface area contributed by atoms with Gasteiger partial charge in [-0.25, -0.2) is 9.50 Å². The number of hydrogen-bond donors (Lipinski definition) is 1. The average Bonchev–Trinajstić information content (AvgIpc) is 3.14. The fourth-order valence-electron chi connectivity index (χ4n) is 3.66. The molecule has 30 heavy (non-hydrogen) atoms. The van der Waals surface area contributed by atoms with Crippen LogP contribution in [0.4, 0.5) is 18.9 Å². The summed E-state index contributed by atoms with van der Waals surface area (Å²) in [7, 11) is 2.94. The topological polar surface area (TPSA) is 77.8 Å². The lowest BCUT2D eigenvalue weighted by Gasteiger charge is -2.20. The van der Waals surface area contributed by atoms with Gasteiger partial charge >= 0.3 is 6.18 Å². The predicted octanol–water partition coefficient (Wildman–Crippen LogP) is 3.90. The molecule has 1 aliphatic carbocycles. The maximum atomic E-state index is 13.8. The van der Waals surface area contributed by atoms with E-state index in [2.05, 4.69) is 15.4 Å². The number of methoxy groups -OCH3 is 2. The van der Waals surface area contributed by atoms with Crippen molar-refractivity contribution in [1.29, 1.82) is 0 Å². The highest BCUT2D eigenvalue weighted by atomic mass is 19.4. The first-order valence-electron chi connectivity index (χ1n) is 9.34. The number of anilines is 1. The molecule has 0 saturated heterocycles. The first-order valence-corrected chi connectivity index (χ1v) is 9.34. The second-order valence-electron chi connectivity index (χ2n) is 6.91. The maximum Gasteiger partial charge on any atom is 0.433 e. The van der Waals surface area contributed by atoms with E-state index < -0.39 is 17.8 Å². The van der Waals surface area contributed by atoms with Crippen molar-refractivity contribution >= 4 is 17.2 Å². The molecule has 10 heteroatoms. The van der Waals surface area contributed by atoms with Crippen LogP contribution >= 0.6 is 0 Å². The highest BCUT2D eigenvalue weighted by Gasteiger charge is 2.39. The molecule has 158 valence electrons. The van der Waals surface area contributed by atoms with Crippen LogP contribution in [0.1, 0.15) is 40.3 Å². The van der Waals surface area contributed by atoms with Gasteiger partial charge in [-0.2, -0.15) is 18.3 Å². The highest BCUT2D eigenvalue weighted by Crippen LogP contribution is 2.36. The Bertz CT molecular complexity index is 1120. The third-order valence-corrected chi connectivity index (χ3v) is 5.02. The van der Waals surface area contributed by atoms with Crippen LogP contribution in [-0.2, 0) is 19.0 Å². The largest absolute Gasteiger partial charge is 0.493 e. The van der Waals surface area contributed by atoms with Crippen molar-refractivity contribution in [3.8, 4) is 11.5 Å². The number of nitrogens with zero attached hydrogens (tertiary/aromatic N) is 3. The molecular weight excluding hydrogens is 401 g/mol. The third kappa shape index (κ3) is 3.53. The van der Waals surface area contributed by atoms with Crippen molar-refractivity contribution in [3.05, 3.63) is 46.9 Å². The number of rotatable bonds is 4. The van der Waals surface area contributed by atoms with E-state index in [-0.39, 0.29) is 16.9 Å². The molecule has 0 saturated carbocycles. The number of carbonyl (C=O) groups excluding carboxylic acids is 1. The maximum absolute atomic E-state index is 13.8. The van der Waals surface area contributed by atoms with Crippen LogP contribution in [0.15, 0.2) is 24.3 Å². The predicted molar refractivity (Wildman–Crippen MR) is 102 cm³/mol. The Kier molecular flexibility index (Phi) is 5.00. The molecule has 1 aromatic carbocycles. The molecule has 4 rings (SSSR count). The Balaban J connectivity index is 1.72. The standard InChI is InChI=1S/C20H19F3N4O3/c1-29-15-8-7-11(9-16(15)30-2)24-19(28)14-10-17-25-13-6-4-3-5-12(13)18(20(21,22)23)27(17)26-14/h7-10H,3-6H2,1-2H3,(H,24,28). The summed E-state index contributed by atoms with van der Waals surface area (Å²) >= 11 is 0. The fourth-order valence-corrected chi connectivity index (χ4v) is 3.66. The van der Waals surface area contributed by atoms with E-state index in [1.807, 2.05) is 0 Å². The van der Waals surface area contributed by atoms with Gasteiger partial charge in [-0.3, -0.25) is 4.79 Å². The summed E-state index contributed by atoms with van der Waals surface area (Å²) in [5.41, 5.74) is -0.0417. The van der Waals surface area contributed by atoms with Gasteiger partial charge in [0.2, 0.25) is 0 Å². The molecule has 0 fully saturated rings. The zero-order chi connectivity index (χ0) is 21.5. The number of amides is 1. The fraction of sp³-hybridized carbons (Fsp3) is 0.350. The summed E-state index contributed by atoms with van der Waals surface area (Å²) in [5, 5.41) is 6.54. The van der Waals surface area contributed by atoms with Crippen LogP contribution < -0.4 is 14.8 Å². The number of carbonyl (C=O) groups is 1. The van der Waals surface area contributed by atoms with Gasteiger partial charge < -0.3 is 14.8 Å². The molecule has 2 heterocycles. The average molecular weight is 420 g/mol. The quantitative estimate of drug-likeness (QED) is 0.693. The highest BCUT2D eigenvalue weighted by molar-refractivity contribution is 6.03. The lowest BCUT2D eigenvalue weighted by atomic mass is 9.94. The Morgan fingerprint density at radius 2 is 1.83 bits per heavy atom. The van der Waals surface area contributed by atoms with Crippen molar-refractivity contribution in [1.82, 2.24) is 14.6 Å². The molecule has 0 aliphatic heterocycles. The molecule has 1 amide bonds. The SMILES string of the molecule is COc1ccc(NC(=O)c2cc3nc4c(c(C(F)(F)F)n3n2)CCCC4)cc1OC. The van der Waals surface area contributed by atoms with Gasteiger partial charge in [-0.15, -0.1) is 0 Å². The minimum atomic E-state index is -4.61. The number of benzene rings is 1. The lowest BCUT2D eigenvalue weighted by Crippen LogP contribution is -2.21. The number of halogens is 3. The molecular formula is C20H19F3N4O3. The van der Waals surface area contributed by atoms with Crippen LogP contribution in [0.2, 0.25) is 0 Å². The summed E-state index contributed by atoms with van der Waals surface area (Å²) < 4.78 is 52.5. The van der Waals surface area contributed by atoms with Crippen LogP contribution in [-0.4, -0.2) is 34.7 Å². The van der Waals surface area contributed by atoms with Gasteiger partial charge in [0.25, 0.3) is 5.91 Å². The zero-order valence-corrected chi connectivity index (χ0v) is 16.3. The zero-order valence-electron chi connectivity index (χ0n) is 16.3. The van der Waals surface area contributed by atoms with E-state index in [4.69, 9.17) is 9.47 Å². The van der Waals surface area contributed by atoms with E-state index in [9.17, 15) is 18.0 Å². The van der Waals surface area contributed by atoms with Crippen LogP contribution in [0.25, 0.3) is 5.65 Å². The number of hydrogen-bond acceptors (Lipinski definition) is 5. The summed E-state index contributed by atoms with van der Waals surface area (Å²) in [6.07, 6.45) is -2.38. The molecule has 0 radical (unpaired) electrons. The van der Waals surface area contributed by atoms with Crippen LogP contribution in [0.5, 0.6) is 11.5 Å².